The van der Waals surface area contributed by atoms with E-state index >= 15 is 0 Å². The molecule has 0 spiro atoms. The normalized spacial score (nSPS) is 20.2. The van der Waals surface area contributed by atoms with Gasteiger partial charge in [0.25, 0.3) is 0 Å². The van der Waals surface area contributed by atoms with Crippen LogP contribution in [0.3, 0.4) is 0 Å². The quantitative estimate of drug-likeness (QED) is 0.841. The van der Waals surface area contributed by atoms with E-state index in [0.29, 0.717) is 5.92 Å². The van der Waals surface area contributed by atoms with E-state index < -0.39 is 6.10 Å². The molecule has 2 atom stereocenters. The van der Waals surface area contributed by atoms with Gasteiger partial charge < -0.3 is 15.6 Å². The predicted molar refractivity (Wildman–Crippen MR) is 67.9 cm³/mol. The lowest BCUT2D eigenvalue weighted by atomic mass is 9.91. The summed E-state index contributed by atoms with van der Waals surface area (Å²) in [6.07, 6.45) is 4.22. The molecule has 1 aromatic rings. The van der Waals surface area contributed by atoms with Crippen LogP contribution in [-0.2, 0) is 0 Å². The lowest BCUT2D eigenvalue weighted by Gasteiger charge is -2.24. The van der Waals surface area contributed by atoms with Gasteiger partial charge in [0.2, 0.25) is 0 Å². The van der Waals surface area contributed by atoms with Gasteiger partial charge in [-0.05, 0) is 36.5 Å². The van der Waals surface area contributed by atoms with Crippen molar-refractivity contribution in [2.24, 2.45) is 11.7 Å². The smallest absolute Gasteiger partial charge is 0.118 e. The van der Waals surface area contributed by atoms with Gasteiger partial charge >= 0.3 is 0 Å². The van der Waals surface area contributed by atoms with Crippen molar-refractivity contribution in [1.82, 2.24) is 0 Å². The Balaban J connectivity index is 2.04. The van der Waals surface area contributed by atoms with Crippen LogP contribution in [0, 0.1) is 5.92 Å². The molecule has 1 aliphatic carbocycles. The fourth-order valence-electron chi connectivity index (χ4n) is 2.62. The van der Waals surface area contributed by atoms with Crippen LogP contribution in [0.15, 0.2) is 24.3 Å². The number of benzene rings is 1. The highest BCUT2D eigenvalue weighted by atomic mass is 16.5. The second-order valence-corrected chi connectivity index (χ2v) is 4.83. The van der Waals surface area contributed by atoms with E-state index in [0.717, 1.165) is 24.2 Å². The Morgan fingerprint density at radius 1 is 1.24 bits per heavy atom. The summed E-state index contributed by atoms with van der Waals surface area (Å²) >= 11 is 0. The number of hydrogen-bond donors (Lipinski definition) is 2. The molecule has 0 saturated heterocycles. The number of aliphatic hydroxyl groups is 1. The summed E-state index contributed by atoms with van der Waals surface area (Å²) < 4.78 is 5.11. The number of nitrogens with two attached hydrogens (primary N) is 1. The molecule has 1 fully saturated rings. The van der Waals surface area contributed by atoms with Crippen molar-refractivity contribution in [2.75, 3.05) is 7.11 Å². The fraction of sp³-hybridized carbons (Fsp3) is 0.571. The highest BCUT2D eigenvalue weighted by Gasteiger charge is 2.28. The molecule has 17 heavy (non-hydrogen) atoms. The zero-order valence-corrected chi connectivity index (χ0v) is 10.3. The second kappa shape index (κ2) is 5.52. The van der Waals surface area contributed by atoms with Crippen molar-refractivity contribution < 1.29 is 9.84 Å². The van der Waals surface area contributed by atoms with E-state index in [1.54, 1.807) is 7.11 Å². The summed E-state index contributed by atoms with van der Waals surface area (Å²) in [7, 11) is 1.64. The number of hydrogen-bond acceptors (Lipinski definition) is 3. The zero-order valence-electron chi connectivity index (χ0n) is 10.3. The first-order valence-corrected chi connectivity index (χ1v) is 6.30. The first kappa shape index (κ1) is 12.4. The Morgan fingerprint density at radius 2 is 1.82 bits per heavy atom. The van der Waals surface area contributed by atoms with Gasteiger partial charge in [-0.2, -0.15) is 0 Å². The molecule has 0 amide bonds. The topological polar surface area (TPSA) is 55.5 Å². The molecule has 3 nitrogen and oxygen atoms in total. The first-order valence-electron chi connectivity index (χ1n) is 6.30. The van der Waals surface area contributed by atoms with Crippen LogP contribution in [0.4, 0.5) is 0 Å². The Labute approximate surface area is 103 Å². The molecule has 0 unspecified atom stereocenters. The van der Waals surface area contributed by atoms with Crippen molar-refractivity contribution in [3.05, 3.63) is 29.8 Å². The maximum atomic E-state index is 10.2. The lowest BCUT2D eigenvalue weighted by Crippen LogP contribution is -2.31. The molecule has 3 heteroatoms. The third-order valence-electron chi connectivity index (χ3n) is 3.75. The van der Waals surface area contributed by atoms with Crippen LogP contribution in [0.5, 0.6) is 5.75 Å². The minimum Gasteiger partial charge on any atom is -0.497 e. The maximum absolute atomic E-state index is 10.2. The van der Waals surface area contributed by atoms with Gasteiger partial charge in [-0.3, -0.25) is 0 Å². The standard InChI is InChI=1S/C14H21NO2/c1-17-12-8-6-10(7-9-12)13(15)14(16)11-4-2-3-5-11/h6-9,11,13-14,16H,2-5,15H2,1H3/t13-,14+/m1/s1. The van der Waals surface area contributed by atoms with Crippen molar-refractivity contribution in [2.45, 2.75) is 37.8 Å². The minimum absolute atomic E-state index is 0.288. The van der Waals surface area contributed by atoms with Crippen molar-refractivity contribution in [1.29, 1.82) is 0 Å². The monoisotopic (exact) mass is 235 g/mol. The summed E-state index contributed by atoms with van der Waals surface area (Å²) in [5.74, 6) is 1.18. The molecule has 0 radical (unpaired) electrons. The van der Waals surface area contributed by atoms with E-state index in [1.165, 1.54) is 12.8 Å². The van der Waals surface area contributed by atoms with Crippen molar-refractivity contribution in [3.8, 4) is 5.75 Å². The van der Waals surface area contributed by atoms with Crippen molar-refractivity contribution in [3.63, 3.8) is 0 Å². The molecule has 0 bridgehead atoms. The molecule has 0 heterocycles. The average Bonchev–Trinajstić information content (AvgIpc) is 2.91. The number of aliphatic hydroxyl groups excluding tert-OH is 1. The Kier molecular flexibility index (Phi) is 4.02. The first-order chi connectivity index (χ1) is 8.22. The van der Waals surface area contributed by atoms with Gasteiger partial charge in [0, 0.05) is 0 Å². The predicted octanol–water partition coefficient (Wildman–Crippen LogP) is 2.25. The molecular weight excluding hydrogens is 214 g/mol. The van der Waals surface area contributed by atoms with Crippen LogP contribution in [-0.4, -0.2) is 18.3 Å². The molecule has 94 valence electrons. The number of methoxy groups -OCH3 is 1. The second-order valence-electron chi connectivity index (χ2n) is 4.83. The van der Waals surface area contributed by atoms with E-state index in [2.05, 4.69) is 0 Å². The van der Waals surface area contributed by atoms with Gasteiger partial charge in [-0.25, -0.2) is 0 Å². The van der Waals surface area contributed by atoms with Crippen molar-refractivity contribution >= 4 is 0 Å². The summed E-state index contributed by atoms with van der Waals surface area (Å²) in [4.78, 5) is 0. The highest BCUT2D eigenvalue weighted by molar-refractivity contribution is 5.29. The highest BCUT2D eigenvalue weighted by Crippen LogP contribution is 2.32. The molecule has 1 aromatic carbocycles. The van der Waals surface area contributed by atoms with Crippen LogP contribution in [0.25, 0.3) is 0 Å². The molecule has 2 rings (SSSR count). The minimum atomic E-state index is -0.425. The Bertz CT molecular complexity index is 344. The van der Waals surface area contributed by atoms with Crippen LogP contribution < -0.4 is 10.5 Å². The van der Waals surface area contributed by atoms with Crippen LogP contribution in [0.2, 0.25) is 0 Å². The average molecular weight is 235 g/mol. The molecule has 0 aliphatic heterocycles. The zero-order chi connectivity index (χ0) is 12.3. The summed E-state index contributed by atoms with van der Waals surface area (Å²) in [5, 5.41) is 10.2. The molecule has 1 aliphatic rings. The van der Waals surface area contributed by atoms with Gasteiger partial charge in [0.15, 0.2) is 0 Å². The van der Waals surface area contributed by atoms with Crippen LogP contribution >= 0.6 is 0 Å². The summed E-state index contributed by atoms with van der Waals surface area (Å²) in [6.45, 7) is 0. The van der Waals surface area contributed by atoms with Gasteiger partial charge in [-0.15, -0.1) is 0 Å². The summed E-state index contributed by atoms with van der Waals surface area (Å²) in [5.41, 5.74) is 7.10. The van der Waals surface area contributed by atoms with E-state index in [-0.39, 0.29) is 6.04 Å². The Hall–Kier alpha value is -1.06. The van der Waals surface area contributed by atoms with E-state index in [9.17, 15) is 5.11 Å². The van der Waals surface area contributed by atoms with Gasteiger partial charge in [0.05, 0.1) is 19.3 Å². The third kappa shape index (κ3) is 2.79. The molecule has 0 aromatic heterocycles. The largest absolute Gasteiger partial charge is 0.497 e. The SMILES string of the molecule is COc1ccc([C@@H](N)[C@@H](O)C2CCCC2)cc1. The van der Waals surface area contributed by atoms with Crippen LogP contribution in [0.1, 0.15) is 37.3 Å². The van der Waals surface area contributed by atoms with E-state index in [4.69, 9.17) is 10.5 Å². The summed E-state index contributed by atoms with van der Waals surface area (Å²) in [6, 6.07) is 7.35. The maximum Gasteiger partial charge on any atom is 0.118 e. The Morgan fingerprint density at radius 3 is 2.35 bits per heavy atom. The number of ether oxygens (including phenoxy) is 1. The number of rotatable bonds is 4. The molecule has 1 saturated carbocycles. The fourth-order valence-corrected chi connectivity index (χ4v) is 2.62. The van der Waals surface area contributed by atoms with Gasteiger partial charge in [0.1, 0.15) is 5.75 Å². The lowest BCUT2D eigenvalue weighted by molar-refractivity contribution is 0.0845. The van der Waals surface area contributed by atoms with Gasteiger partial charge in [-0.1, -0.05) is 25.0 Å². The third-order valence-corrected chi connectivity index (χ3v) is 3.75. The molecular formula is C14H21NO2. The molecule has 3 N–H and O–H groups in total. The van der Waals surface area contributed by atoms with E-state index in [1.807, 2.05) is 24.3 Å².